The molecule has 3 aromatic carbocycles. The van der Waals surface area contributed by atoms with Gasteiger partial charge in [0.25, 0.3) is 5.91 Å². The van der Waals surface area contributed by atoms with Crippen molar-refractivity contribution in [1.29, 1.82) is 0 Å². The van der Waals surface area contributed by atoms with E-state index in [0.717, 1.165) is 16.5 Å². The fraction of sp³-hybridized carbons (Fsp3) is 0.143. The molecule has 0 bridgehead atoms. The number of carbonyl (C=O) groups excluding carboxylic acids is 1. The first kappa shape index (κ1) is 18.3. The van der Waals surface area contributed by atoms with E-state index in [2.05, 4.69) is 15.8 Å². The van der Waals surface area contributed by atoms with Gasteiger partial charge in [-0.05, 0) is 36.6 Å². The van der Waals surface area contributed by atoms with Crippen LogP contribution in [-0.4, -0.2) is 30.4 Å². The zero-order chi connectivity index (χ0) is 19.2. The van der Waals surface area contributed by atoms with Crippen molar-refractivity contribution >= 4 is 28.6 Å². The summed E-state index contributed by atoms with van der Waals surface area (Å²) in [5, 5.41) is 19.1. The third-order valence-electron chi connectivity index (χ3n) is 4.17. The van der Waals surface area contributed by atoms with E-state index in [4.69, 9.17) is 4.74 Å². The highest BCUT2D eigenvalue weighted by Gasteiger charge is 2.13. The molecule has 0 spiro atoms. The van der Waals surface area contributed by atoms with E-state index in [-0.39, 0.29) is 11.7 Å². The lowest BCUT2D eigenvalue weighted by Gasteiger charge is -2.15. The van der Waals surface area contributed by atoms with Crippen molar-refractivity contribution in [2.24, 2.45) is 5.10 Å². The minimum absolute atomic E-state index is 0.0516. The second kappa shape index (κ2) is 8.23. The Hall–Kier alpha value is -3.54. The number of nitrogens with one attached hydrogen (secondary N) is 2. The van der Waals surface area contributed by atoms with Gasteiger partial charge in [-0.15, -0.1) is 0 Å². The van der Waals surface area contributed by atoms with Crippen molar-refractivity contribution in [2.45, 2.75) is 13.0 Å². The van der Waals surface area contributed by atoms with Crippen molar-refractivity contribution in [2.75, 3.05) is 12.4 Å². The van der Waals surface area contributed by atoms with E-state index in [1.807, 2.05) is 42.5 Å². The van der Waals surface area contributed by atoms with E-state index in [9.17, 15) is 9.90 Å². The van der Waals surface area contributed by atoms with E-state index in [1.165, 1.54) is 19.4 Å². The van der Waals surface area contributed by atoms with Crippen LogP contribution >= 0.6 is 0 Å². The number of methoxy groups -OCH3 is 1. The van der Waals surface area contributed by atoms with Crippen LogP contribution in [0.5, 0.6) is 11.5 Å². The Labute approximate surface area is 157 Å². The molecule has 0 aliphatic heterocycles. The summed E-state index contributed by atoms with van der Waals surface area (Å²) in [7, 11) is 1.54. The molecule has 138 valence electrons. The lowest BCUT2D eigenvalue weighted by atomic mass is 10.1. The fourth-order valence-electron chi connectivity index (χ4n) is 2.68. The molecule has 3 aromatic rings. The molecule has 1 atom stereocenters. The molecule has 0 aromatic heterocycles. The molecule has 0 fully saturated rings. The fourth-order valence-corrected chi connectivity index (χ4v) is 2.68. The van der Waals surface area contributed by atoms with Crippen LogP contribution in [0.3, 0.4) is 0 Å². The number of phenols is 1. The Kier molecular flexibility index (Phi) is 5.56. The minimum Gasteiger partial charge on any atom is -0.507 e. The van der Waals surface area contributed by atoms with Gasteiger partial charge in [0.1, 0.15) is 17.5 Å². The molecule has 3 rings (SSSR count). The average molecular weight is 363 g/mol. The van der Waals surface area contributed by atoms with Gasteiger partial charge in [-0.3, -0.25) is 4.79 Å². The SMILES string of the molecule is COc1ccc(O)c(/C=N\NC(=O)[C@H](C)Nc2cccc3ccccc23)c1. The molecule has 1 amide bonds. The first-order chi connectivity index (χ1) is 13.1. The summed E-state index contributed by atoms with van der Waals surface area (Å²) in [4.78, 5) is 12.3. The Morgan fingerprint density at radius 3 is 2.74 bits per heavy atom. The van der Waals surface area contributed by atoms with Gasteiger partial charge in [-0.1, -0.05) is 36.4 Å². The molecule has 27 heavy (non-hydrogen) atoms. The van der Waals surface area contributed by atoms with Gasteiger partial charge in [0.2, 0.25) is 0 Å². The maximum Gasteiger partial charge on any atom is 0.262 e. The third-order valence-corrected chi connectivity index (χ3v) is 4.17. The van der Waals surface area contributed by atoms with Crippen LogP contribution in [0, 0.1) is 0 Å². The molecule has 0 unspecified atom stereocenters. The molecule has 0 saturated carbocycles. The van der Waals surface area contributed by atoms with Gasteiger partial charge in [0.05, 0.1) is 13.3 Å². The quantitative estimate of drug-likeness (QED) is 0.462. The van der Waals surface area contributed by atoms with Crippen molar-refractivity contribution in [3.8, 4) is 11.5 Å². The standard InChI is InChI=1S/C21H21N3O3/c1-14(23-19-9-5-7-15-6-3-4-8-18(15)19)21(26)24-22-13-16-12-17(27-2)10-11-20(16)25/h3-14,23,25H,1-2H3,(H,24,26)/b22-13-/t14-/m0/s1. The largest absolute Gasteiger partial charge is 0.507 e. The van der Waals surface area contributed by atoms with Crippen LogP contribution in [0.1, 0.15) is 12.5 Å². The van der Waals surface area contributed by atoms with E-state index < -0.39 is 6.04 Å². The number of rotatable bonds is 6. The molecular weight excluding hydrogens is 342 g/mol. The summed E-state index contributed by atoms with van der Waals surface area (Å²) < 4.78 is 5.11. The Morgan fingerprint density at radius 2 is 1.93 bits per heavy atom. The van der Waals surface area contributed by atoms with Crippen molar-refractivity contribution in [1.82, 2.24) is 5.43 Å². The number of benzene rings is 3. The highest BCUT2D eigenvalue weighted by molar-refractivity contribution is 5.96. The van der Waals surface area contributed by atoms with Crippen LogP contribution in [0.15, 0.2) is 65.8 Å². The highest BCUT2D eigenvalue weighted by Crippen LogP contribution is 2.23. The summed E-state index contributed by atoms with van der Waals surface area (Å²) >= 11 is 0. The molecule has 0 aliphatic rings. The van der Waals surface area contributed by atoms with Crippen LogP contribution in [0.25, 0.3) is 10.8 Å². The number of fused-ring (bicyclic) bond motifs is 1. The number of aromatic hydroxyl groups is 1. The van der Waals surface area contributed by atoms with Gasteiger partial charge < -0.3 is 15.2 Å². The van der Waals surface area contributed by atoms with Gasteiger partial charge in [0, 0.05) is 16.6 Å². The molecule has 0 heterocycles. The smallest absolute Gasteiger partial charge is 0.262 e. The van der Waals surface area contributed by atoms with E-state index >= 15 is 0 Å². The Balaban J connectivity index is 1.66. The second-order valence-corrected chi connectivity index (χ2v) is 6.05. The van der Waals surface area contributed by atoms with Crippen LogP contribution in [0.2, 0.25) is 0 Å². The van der Waals surface area contributed by atoms with Crippen molar-refractivity contribution in [3.63, 3.8) is 0 Å². The second-order valence-electron chi connectivity index (χ2n) is 6.05. The number of hydrazone groups is 1. The van der Waals surface area contributed by atoms with Gasteiger partial charge >= 0.3 is 0 Å². The normalized spacial score (nSPS) is 12.1. The topological polar surface area (TPSA) is 83.0 Å². The maximum absolute atomic E-state index is 12.3. The summed E-state index contributed by atoms with van der Waals surface area (Å²) in [6.45, 7) is 1.76. The lowest BCUT2D eigenvalue weighted by molar-refractivity contribution is -0.121. The van der Waals surface area contributed by atoms with Crippen LogP contribution in [-0.2, 0) is 4.79 Å². The number of hydrogen-bond acceptors (Lipinski definition) is 5. The lowest BCUT2D eigenvalue weighted by Crippen LogP contribution is -2.34. The number of hydrogen-bond donors (Lipinski definition) is 3. The number of ether oxygens (including phenoxy) is 1. The van der Waals surface area contributed by atoms with Crippen LogP contribution in [0.4, 0.5) is 5.69 Å². The van der Waals surface area contributed by atoms with E-state index in [1.54, 1.807) is 19.1 Å². The molecule has 0 aliphatic carbocycles. The number of anilines is 1. The van der Waals surface area contributed by atoms with Crippen LogP contribution < -0.4 is 15.5 Å². The first-order valence-electron chi connectivity index (χ1n) is 8.52. The number of amides is 1. The third kappa shape index (κ3) is 4.36. The molecule has 6 nitrogen and oxygen atoms in total. The van der Waals surface area contributed by atoms with Crippen molar-refractivity contribution in [3.05, 3.63) is 66.2 Å². The molecular formula is C21H21N3O3. The summed E-state index contributed by atoms with van der Waals surface area (Å²) in [6.07, 6.45) is 1.38. The Bertz CT molecular complexity index is 980. The predicted octanol–water partition coefficient (Wildman–Crippen LogP) is 3.50. The molecule has 0 radical (unpaired) electrons. The minimum atomic E-state index is -0.494. The predicted molar refractivity (Wildman–Crippen MR) is 107 cm³/mol. The molecule has 0 saturated heterocycles. The van der Waals surface area contributed by atoms with Gasteiger partial charge in [0.15, 0.2) is 0 Å². The number of phenolic OH excluding ortho intramolecular Hbond substituents is 1. The first-order valence-corrected chi connectivity index (χ1v) is 8.52. The zero-order valence-corrected chi connectivity index (χ0v) is 15.1. The van der Waals surface area contributed by atoms with Gasteiger partial charge in [-0.2, -0.15) is 5.10 Å². The van der Waals surface area contributed by atoms with Crippen molar-refractivity contribution < 1.29 is 14.6 Å². The molecule has 6 heteroatoms. The van der Waals surface area contributed by atoms with E-state index in [0.29, 0.717) is 11.3 Å². The highest BCUT2D eigenvalue weighted by atomic mass is 16.5. The molecule has 3 N–H and O–H groups in total. The summed E-state index contributed by atoms with van der Waals surface area (Å²) in [5.41, 5.74) is 3.81. The summed E-state index contributed by atoms with van der Waals surface area (Å²) in [6, 6.07) is 18.2. The monoisotopic (exact) mass is 363 g/mol. The Morgan fingerprint density at radius 1 is 1.15 bits per heavy atom. The maximum atomic E-state index is 12.3. The van der Waals surface area contributed by atoms with Gasteiger partial charge in [-0.25, -0.2) is 5.43 Å². The zero-order valence-electron chi connectivity index (χ0n) is 15.1. The number of nitrogens with zero attached hydrogens (tertiary/aromatic N) is 1. The number of carbonyl (C=O) groups is 1. The summed E-state index contributed by atoms with van der Waals surface area (Å²) in [5.74, 6) is 0.351. The average Bonchev–Trinajstić information content (AvgIpc) is 2.69.